The number of amides is 1. The van der Waals surface area contributed by atoms with Crippen molar-refractivity contribution in [2.45, 2.75) is 46.6 Å². The van der Waals surface area contributed by atoms with Gasteiger partial charge in [0, 0.05) is 10.0 Å². The number of nitrogens with zero attached hydrogens (tertiary/aromatic N) is 2. The standard InChI is InChI=1S/C30H31BrN2O6S/c1-5-6-15-38-22-13-9-20(10-14-22)25(34)23-24(19-7-11-21(31)12-8-19)33(28(36)26(23)35)30-32-18(4)27(40-30)29(37)39-16-17(2)3/h7-14,17,24,34H,5-6,15-16H2,1-4H3/t24-/m0/s1. The number of aliphatic hydroxyl groups is 1. The normalized spacial score (nSPS) is 16.6. The van der Waals surface area contributed by atoms with Crippen LogP contribution >= 0.6 is 27.3 Å². The molecule has 2 heterocycles. The number of aryl methyl sites for hydroxylation is 1. The quantitative estimate of drug-likeness (QED) is 0.0864. The number of ketones is 1. The van der Waals surface area contributed by atoms with Gasteiger partial charge < -0.3 is 14.6 Å². The van der Waals surface area contributed by atoms with E-state index in [4.69, 9.17) is 9.47 Å². The van der Waals surface area contributed by atoms with E-state index in [1.54, 1.807) is 55.5 Å². The molecule has 1 fully saturated rings. The van der Waals surface area contributed by atoms with E-state index in [2.05, 4.69) is 27.8 Å². The molecule has 1 N–H and O–H groups in total. The van der Waals surface area contributed by atoms with Crippen molar-refractivity contribution in [3.8, 4) is 5.75 Å². The van der Waals surface area contributed by atoms with Crippen molar-refractivity contribution in [2.24, 2.45) is 5.92 Å². The number of thiazole rings is 1. The lowest BCUT2D eigenvalue weighted by Crippen LogP contribution is -2.29. The van der Waals surface area contributed by atoms with E-state index in [-0.39, 0.29) is 33.9 Å². The molecule has 1 amide bonds. The monoisotopic (exact) mass is 626 g/mol. The fourth-order valence-electron chi connectivity index (χ4n) is 4.17. The number of unbranched alkanes of at least 4 members (excludes halogenated alkanes) is 1. The summed E-state index contributed by atoms with van der Waals surface area (Å²) in [4.78, 5) is 45.6. The number of hydrogen-bond acceptors (Lipinski definition) is 8. The van der Waals surface area contributed by atoms with Crippen molar-refractivity contribution in [1.29, 1.82) is 0 Å². The summed E-state index contributed by atoms with van der Waals surface area (Å²) in [6.45, 7) is 8.43. The van der Waals surface area contributed by atoms with E-state index >= 15 is 0 Å². The number of benzene rings is 2. The van der Waals surface area contributed by atoms with Gasteiger partial charge in [0.2, 0.25) is 0 Å². The third kappa shape index (κ3) is 6.28. The zero-order chi connectivity index (χ0) is 29.0. The number of aliphatic hydroxyl groups excluding tert-OH is 1. The maximum atomic E-state index is 13.5. The number of esters is 1. The van der Waals surface area contributed by atoms with Crippen LogP contribution < -0.4 is 9.64 Å². The number of carbonyl (C=O) groups excluding carboxylic acids is 3. The van der Waals surface area contributed by atoms with Crippen LogP contribution in [-0.2, 0) is 14.3 Å². The van der Waals surface area contributed by atoms with Gasteiger partial charge in [-0.05, 0) is 61.2 Å². The number of carbonyl (C=O) groups is 3. The lowest BCUT2D eigenvalue weighted by atomic mass is 9.95. The Labute approximate surface area is 245 Å². The van der Waals surface area contributed by atoms with Crippen molar-refractivity contribution in [3.63, 3.8) is 0 Å². The van der Waals surface area contributed by atoms with Crippen LogP contribution in [-0.4, -0.2) is 41.0 Å². The van der Waals surface area contributed by atoms with Crippen LogP contribution in [0.5, 0.6) is 5.75 Å². The van der Waals surface area contributed by atoms with E-state index in [1.165, 1.54) is 4.90 Å². The fourth-order valence-corrected chi connectivity index (χ4v) is 5.42. The molecule has 0 spiro atoms. The molecule has 2 aromatic carbocycles. The topological polar surface area (TPSA) is 106 Å². The first-order chi connectivity index (χ1) is 19.1. The van der Waals surface area contributed by atoms with Gasteiger partial charge in [0.1, 0.15) is 16.4 Å². The molecule has 40 heavy (non-hydrogen) atoms. The van der Waals surface area contributed by atoms with E-state index in [0.717, 1.165) is 28.7 Å². The molecule has 0 bridgehead atoms. The van der Waals surface area contributed by atoms with Crippen LogP contribution in [0.25, 0.3) is 5.76 Å². The number of rotatable bonds is 10. The number of aromatic nitrogens is 1. The number of ether oxygens (including phenoxy) is 2. The van der Waals surface area contributed by atoms with Crippen LogP contribution in [0.15, 0.2) is 58.6 Å². The van der Waals surface area contributed by atoms with Gasteiger partial charge in [-0.15, -0.1) is 0 Å². The second-order valence-electron chi connectivity index (χ2n) is 9.85. The van der Waals surface area contributed by atoms with Gasteiger partial charge in [-0.25, -0.2) is 9.78 Å². The van der Waals surface area contributed by atoms with Crippen LogP contribution in [0.2, 0.25) is 0 Å². The molecule has 1 atom stereocenters. The third-order valence-electron chi connectivity index (χ3n) is 6.25. The van der Waals surface area contributed by atoms with Crippen molar-refractivity contribution in [1.82, 2.24) is 4.98 Å². The van der Waals surface area contributed by atoms with E-state index < -0.39 is 23.7 Å². The zero-order valence-corrected chi connectivity index (χ0v) is 25.2. The smallest absolute Gasteiger partial charge is 0.350 e. The Morgan fingerprint density at radius 2 is 1.80 bits per heavy atom. The van der Waals surface area contributed by atoms with Gasteiger partial charge >= 0.3 is 11.9 Å². The van der Waals surface area contributed by atoms with Crippen LogP contribution in [0.3, 0.4) is 0 Å². The summed E-state index contributed by atoms with van der Waals surface area (Å²) in [5.41, 5.74) is 1.30. The lowest BCUT2D eigenvalue weighted by molar-refractivity contribution is -0.132. The molecule has 1 aromatic heterocycles. The number of hydrogen-bond donors (Lipinski definition) is 1. The Hall–Kier alpha value is -3.50. The molecule has 210 valence electrons. The van der Waals surface area contributed by atoms with Gasteiger partial charge in [-0.1, -0.05) is 66.6 Å². The minimum atomic E-state index is -0.960. The molecule has 0 saturated carbocycles. The molecule has 0 unspecified atom stereocenters. The van der Waals surface area contributed by atoms with Gasteiger partial charge in [0.15, 0.2) is 5.13 Å². The van der Waals surface area contributed by atoms with Gasteiger partial charge in [0.05, 0.1) is 30.5 Å². The molecular formula is C30H31BrN2O6S. The first-order valence-corrected chi connectivity index (χ1v) is 14.7. The number of Topliss-reactive ketones (excluding diaryl/α,β-unsaturated/α-hetero) is 1. The highest BCUT2D eigenvalue weighted by Gasteiger charge is 2.48. The second kappa shape index (κ2) is 12.8. The SMILES string of the molecule is CCCCOc1ccc(C(O)=C2C(=O)C(=O)N(c3nc(C)c(C(=O)OCC(C)C)s3)[C@H]2c2ccc(Br)cc2)cc1. The largest absolute Gasteiger partial charge is 0.507 e. The summed E-state index contributed by atoms with van der Waals surface area (Å²) in [6, 6.07) is 12.9. The predicted molar refractivity (Wildman–Crippen MR) is 158 cm³/mol. The van der Waals surface area contributed by atoms with Crippen LogP contribution in [0.4, 0.5) is 5.13 Å². The Kier molecular flexibility index (Phi) is 9.42. The lowest BCUT2D eigenvalue weighted by Gasteiger charge is -2.23. The summed E-state index contributed by atoms with van der Waals surface area (Å²) in [5, 5.41) is 11.5. The Morgan fingerprint density at radius 3 is 2.42 bits per heavy atom. The number of anilines is 1. The van der Waals surface area contributed by atoms with Gasteiger partial charge in [0.25, 0.3) is 5.78 Å². The highest BCUT2D eigenvalue weighted by atomic mass is 79.9. The Bertz CT molecular complexity index is 1430. The Balaban J connectivity index is 1.77. The fraction of sp³-hybridized carbons (Fsp3) is 0.333. The maximum Gasteiger partial charge on any atom is 0.350 e. The molecule has 4 rings (SSSR count). The van der Waals surface area contributed by atoms with Crippen molar-refractivity contribution < 1.29 is 29.0 Å². The highest BCUT2D eigenvalue weighted by molar-refractivity contribution is 9.10. The van der Waals surface area contributed by atoms with Crippen molar-refractivity contribution in [2.75, 3.05) is 18.1 Å². The van der Waals surface area contributed by atoms with Gasteiger partial charge in [-0.3, -0.25) is 14.5 Å². The summed E-state index contributed by atoms with van der Waals surface area (Å²) >= 11 is 4.40. The summed E-state index contributed by atoms with van der Waals surface area (Å²) in [5.74, 6) is -1.73. The number of halogens is 1. The van der Waals surface area contributed by atoms with Gasteiger partial charge in [-0.2, -0.15) is 0 Å². The zero-order valence-electron chi connectivity index (χ0n) is 22.8. The molecule has 10 heteroatoms. The van der Waals surface area contributed by atoms with E-state index in [9.17, 15) is 19.5 Å². The molecule has 1 saturated heterocycles. The molecule has 3 aromatic rings. The summed E-state index contributed by atoms with van der Waals surface area (Å²) in [6.07, 6.45) is 1.93. The first-order valence-electron chi connectivity index (χ1n) is 13.1. The molecule has 0 aliphatic carbocycles. The molecule has 0 radical (unpaired) electrons. The molecule has 1 aliphatic rings. The third-order valence-corrected chi connectivity index (χ3v) is 7.91. The average Bonchev–Trinajstić information content (AvgIpc) is 3.44. The first kappa shape index (κ1) is 29.5. The molecule has 8 nitrogen and oxygen atoms in total. The second-order valence-corrected chi connectivity index (χ2v) is 11.7. The summed E-state index contributed by atoms with van der Waals surface area (Å²) in [7, 11) is 0. The average molecular weight is 628 g/mol. The van der Waals surface area contributed by atoms with E-state index in [1.807, 2.05) is 13.8 Å². The van der Waals surface area contributed by atoms with Crippen LogP contribution in [0, 0.1) is 12.8 Å². The summed E-state index contributed by atoms with van der Waals surface area (Å²) < 4.78 is 11.9. The minimum absolute atomic E-state index is 0.0660. The predicted octanol–water partition coefficient (Wildman–Crippen LogP) is 6.83. The maximum absolute atomic E-state index is 13.5. The highest BCUT2D eigenvalue weighted by Crippen LogP contribution is 2.44. The van der Waals surface area contributed by atoms with Crippen molar-refractivity contribution in [3.05, 3.63) is 80.3 Å². The van der Waals surface area contributed by atoms with Crippen molar-refractivity contribution >= 4 is 55.8 Å². The molecular weight excluding hydrogens is 596 g/mol. The van der Waals surface area contributed by atoms with E-state index in [0.29, 0.717) is 29.2 Å². The Morgan fingerprint density at radius 1 is 1.12 bits per heavy atom. The molecule has 1 aliphatic heterocycles. The van der Waals surface area contributed by atoms with Crippen LogP contribution in [0.1, 0.15) is 66.1 Å². The minimum Gasteiger partial charge on any atom is -0.507 e.